The van der Waals surface area contributed by atoms with E-state index in [-0.39, 0.29) is 37.3 Å². The van der Waals surface area contributed by atoms with Gasteiger partial charge in [0.2, 0.25) is 5.91 Å². The molecule has 0 atom stereocenters. The number of piperidine rings is 1. The Kier molecular flexibility index (Phi) is 6.44. The summed E-state index contributed by atoms with van der Waals surface area (Å²) in [5, 5.41) is 2.76. The fourth-order valence-corrected chi connectivity index (χ4v) is 2.71. The van der Waals surface area contributed by atoms with Crippen LogP contribution in [0.1, 0.15) is 24.0 Å². The Morgan fingerprint density at radius 2 is 1.92 bits per heavy atom. The third-order valence-corrected chi connectivity index (χ3v) is 4.17. The molecule has 1 aliphatic heterocycles. The van der Waals surface area contributed by atoms with Crippen molar-refractivity contribution in [3.05, 3.63) is 35.1 Å². The molecule has 9 heteroatoms. The zero-order valence-electron chi connectivity index (χ0n) is 14.2. The zero-order chi connectivity index (χ0) is 19.3. The lowest BCUT2D eigenvalue weighted by Gasteiger charge is -2.30. The number of likely N-dealkylation sites (tertiary alicyclic amines) is 1. The lowest BCUT2D eigenvalue weighted by Crippen LogP contribution is -2.43. The van der Waals surface area contributed by atoms with Crippen LogP contribution in [-0.4, -0.2) is 42.8 Å². The van der Waals surface area contributed by atoms with Crippen molar-refractivity contribution < 1.29 is 31.9 Å². The molecule has 1 fully saturated rings. The minimum atomic E-state index is -4.56. The number of hydrogen-bond acceptors (Lipinski definition) is 3. The standard InChI is InChI=1S/C17H20F4N2O3/c1-11-8-12(2-3-14(11)18)9-22-15(24)13-4-6-23(7-5-13)16(25)26-10-17(19,20)21/h2-3,8,13H,4-7,9-10H2,1H3,(H,22,24). The van der Waals surface area contributed by atoms with Gasteiger partial charge in [-0.3, -0.25) is 4.79 Å². The molecule has 0 unspecified atom stereocenters. The monoisotopic (exact) mass is 376 g/mol. The number of carbonyl (C=O) groups excluding carboxylic acids is 2. The highest BCUT2D eigenvalue weighted by atomic mass is 19.4. The van der Waals surface area contributed by atoms with Gasteiger partial charge in [-0.05, 0) is 37.0 Å². The number of aryl methyl sites for hydroxylation is 1. The predicted octanol–water partition coefficient (Wildman–Crippen LogP) is 3.16. The summed E-state index contributed by atoms with van der Waals surface area (Å²) < 4.78 is 53.6. The molecule has 1 aliphatic rings. The van der Waals surface area contributed by atoms with Crippen molar-refractivity contribution in [2.45, 2.75) is 32.5 Å². The molecule has 2 rings (SSSR count). The van der Waals surface area contributed by atoms with Gasteiger partial charge >= 0.3 is 12.3 Å². The van der Waals surface area contributed by atoms with Crippen LogP contribution in [0, 0.1) is 18.7 Å². The number of ether oxygens (including phenoxy) is 1. The highest BCUT2D eigenvalue weighted by Crippen LogP contribution is 2.20. The highest BCUT2D eigenvalue weighted by molar-refractivity contribution is 5.79. The maximum atomic E-state index is 13.2. The summed E-state index contributed by atoms with van der Waals surface area (Å²) in [6.45, 7) is 0.584. The van der Waals surface area contributed by atoms with E-state index >= 15 is 0 Å². The third-order valence-electron chi connectivity index (χ3n) is 4.17. The number of nitrogens with one attached hydrogen (secondary N) is 1. The molecule has 0 aromatic heterocycles. The smallest absolute Gasteiger partial charge is 0.422 e. The maximum absolute atomic E-state index is 13.2. The Labute approximate surface area is 148 Å². The number of carbonyl (C=O) groups is 2. The molecule has 5 nitrogen and oxygen atoms in total. The quantitative estimate of drug-likeness (QED) is 0.822. The fourth-order valence-electron chi connectivity index (χ4n) is 2.71. The Morgan fingerprint density at radius 1 is 1.27 bits per heavy atom. The highest BCUT2D eigenvalue weighted by Gasteiger charge is 2.32. The van der Waals surface area contributed by atoms with Crippen molar-refractivity contribution in [2.75, 3.05) is 19.7 Å². The minimum absolute atomic E-state index is 0.157. The van der Waals surface area contributed by atoms with Gasteiger partial charge in [0.15, 0.2) is 6.61 Å². The third kappa shape index (κ3) is 5.89. The number of hydrogen-bond donors (Lipinski definition) is 1. The zero-order valence-corrected chi connectivity index (χ0v) is 14.2. The van der Waals surface area contributed by atoms with E-state index in [4.69, 9.17) is 0 Å². The van der Waals surface area contributed by atoms with Gasteiger partial charge in [0.1, 0.15) is 5.82 Å². The van der Waals surface area contributed by atoms with Gasteiger partial charge in [0, 0.05) is 25.6 Å². The Bertz CT molecular complexity index is 656. The average molecular weight is 376 g/mol. The van der Waals surface area contributed by atoms with Crippen molar-refractivity contribution >= 4 is 12.0 Å². The van der Waals surface area contributed by atoms with Gasteiger partial charge in [-0.2, -0.15) is 13.2 Å². The molecule has 26 heavy (non-hydrogen) atoms. The van der Waals surface area contributed by atoms with Gasteiger partial charge in [-0.1, -0.05) is 12.1 Å². The van der Waals surface area contributed by atoms with E-state index in [1.165, 1.54) is 11.0 Å². The molecule has 0 spiro atoms. The van der Waals surface area contributed by atoms with Crippen molar-refractivity contribution in [3.63, 3.8) is 0 Å². The molecule has 0 saturated carbocycles. The van der Waals surface area contributed by atoms with Crippen LogP contribution < -0.4 is 5.32 Å². The first-order chi connectivity index (χ1) is 12.2. The van der Waals surface area contributed by atoms with Crippen molar-refractivity contribution in [2.24, 2.45) is 5.92 Å². The lowest BCUT2D eigenvalue weighted by atomic mass is 9.96. The summed E-state index contributed by atoms with van der Waals surface area (Å²) >= 11 is 0. The van der Waals surface area contributed by atoms with E-state index in [0.29, 0.717) is 18.4 Å². The molecule has 1 aromatic rings. The molecule has 1 heterocycles. The lowest BCUT2D eigenvalue weighted by molar-refractivity contribution is -0.162. The number of rotatable bonds is 4. The molecule has 0 bridgehead atoms. The maximum Gasteiger partial charge on any atom is 0.422 e. The minimum Gasteiger partial charge on any atom is -0.440 e. The molecular weight excluding hydrogens is 356 g/mol. The number of halogens is 4. The number of nitrogens with zero attached hydrogens (tertiary/aromatic N) is 1. The Balaban J connectivity index is 1.75. The average Bonchev–Trinajstić information content (AvgIpc) is 2.60. The molecule has 144 valence electrons. The summed E-state index contributed by atoms with van der Waals surface area (Å²) in [7, 11) is 0. The Hall–Kier alpha value is -2.32. The van der Waals surface area contributed by atoms with Gasteiger partial charge in [0.25, 0.3) is 0 Å². The molecular formula is C17H20F4N2O3. The summed E-state index contributed by atoms with van der Waals surface area (Å²) in [6, 6.07) is 4.57. The van der Waals surface area contributed by atoms with Gasteiger partial charge in [-0.25, -0.2) is 9.18 Å². The first-order valence-corrected chi connectivity index (χ1v) is 8.17. The van der Waals surface area contributed by atoms with Crippen molar-refractivity contribution in [1.82, 2.24) is 10.2 Å². The van der Waals surface area contributed by atoms with E-state index in [2.05, 4.69) is 10.1 Å². The predicted molar refractivity (Wildman–Crippen MR) is 84.7 cm³/mol. The van der Waals surface area contributed by atoms with Crippen LogP contribution in [0.5, 0.6) is 0 Å². The second-order valence-corrected chi connectivity index (χ2v) is 6.23. The SMILES string of the molecule is Cc1cc(CNC(=O)C2CCN(C(=O)OCC(F)(F)F)CC2)ccc1F. The number of benzene rings is 1. The van der Waals surface area contributed by atoms with Crippen LogP contribution in [0.25, 0.3) is 0 Å². The summed E-state index contributed by atoms with van der Waals surface area (Å²) in [5.74, 6) is -0.844. The Morgan fingerprint density at radius 3 is 2.50 bits per heavy atom. The van der Waals surface area contributed by atoms with Gasteiger partial charge in [0.05, 0.1) is 0 Å². The van der Waals surface area contributed by atoms with E-state index in [9.17, 15) is 27.2 Å². The molecule has 1 N–H and O–H groups in total. The second-order valence-electron chi connectivity index (χ2n) is 6.23. The van der Waals surface area contributed by atoms with Crippen LogP contribution >= 0.6 is 0 Å². The molecule has 1 saturated heterocycles. The van der Waals surface area contributed by atoms with E-state index in [1.807, 2.05) is 0 Å². The van der Waals surface area contributed by atoms with Crippen LogP contribution in [0.3, 0.4) is 0 Å². The van der Waals surface area contributed by atoms with E-state index in [1.54, 1.807) is 19.1 Å². The first-order valence-electron chi connectivity index (χ1n) is 8.17. The normalized spacial score (nSPS) is 15.7. The van der Waals surface area contributed by atoms with Crippen LogP contribution in [0.4, 0.5) is 22.4 Å². The fraction of sp³-hybridized carbons (Fsp3) is 0.529. The van der Waals surface area contributed by atoms with Crippen molar-refractivity contribution in [3.8, 4) is 0 Å². The first kappa shape index (κ1) is 20.0. The largest absolute Gasteiger partial charge is 0.440 e. The summed E-state index contributed by atoms with van der Waals surface area (Å²) in [6.07, 6.45) is -4.90. The van der Waals surface area contributed by atoms with Gasteiger partial charge < -0.3 is 15.0 Å². The number of alkyl halides is 3. The number of amides is 2. The van der Waals surface area contributed by atoms with E-state index < -0.39 is 18.9 Å². The second kappa shape index (κ2) is 8.37. The molecule has 1 aromatic carbocycles. The van der Waals surface area contributed by atoms with E-state index in [0.717, 1.165) is 5.56 Å². The summed E-state index contributed by atoms with van der Waals surface area (Å²) in [4.78, 5) is 24.9. The van der Waals surface area contributed by atoms with Crippen LogP contribution in [0.2, 0.25) is 0 Å². The molecule has 2 amide bonds. The van der Waals surface area contributed by atoms with Gasteiger partial charge in [-0.15, -0.1) is 0 Å². The molecule has 0 aliphatic carbocycles. The topological polar surface area (TPSA) is 58.6 Å². The van der Waals surface area contributed by atoms with Crippen LogP contribution in [0.15, 0.2) is 18.2 Å². The van der Waals surface area contributed by atoms with Crippen LogP contribution in [-0.2, 0) is 16.1 Å². The van der Waals surface area contributed by atoms with Crippen molar-refractivity contribution in [1.29, 1.82) is 0 Å². The summed E-state index contributed by atoms with van der Waals surface area (Å²) in [5.41, 5.74) is 1.26. The molecule has 0 radical (unpaired) electrons.